The van der Waals surface area contributed by atoms with E-state index in [4.69, 9.17) is 4.74 Å². The van der Waals surface area contributed by atoms with Gasteiger partial charge in [0, 0.05) is 6.54 Å². The number of benzene rings is 2. The first-order chi connectivity index (χ1) is 10.4. The third-order valence-electron chi connectivity index (χ3n) is 4.09. The van der Waals surface area contributed by atoms with Crippen molar-refractivity contribution in [3.63, 3.8) is 0 Å². The summed E-state index contributed by atoms with van der Waals surface area (Å²) in [7, 11) is 0. The normalized spacial score (nSPS) is 20.4. The first kappa shape index (κ1) is 14.3. The van der Waals surface area contributed by atoms with Gasteiger partial charge in [0.1, 0.15) is 0 Å². The fraction of sp³-hybridized carbons (Fsp3) is 0.368. The molecule has 0 aromatic heterocycles. The summed E-state index contributed by atoms with van der Waals surface area (Å²) in [6.07, 6.45) is 1.30. The molecule has 0 bridgehead atoms. The van der Waals surface area contributed by atoms with Crippen LogP contribution in [0, 0.1) is 11.8 Å². The SMILES string of the molecule is c1ccc(CNC[C@H]2C[C@H]2COCc2ccccc2)cc1. The first-order valence-electron chi connectivity index (χ1n) is 7.78. The molecule has 0 aliphatic heterocycles. The number of hydrogen-bond acceptors (Lipinski definition) is 2. The molecule has 1 aliphatic rings. The van der Waals surface area contributed by atoms with E-state index in [0.29, 0.717) is 0 Å². The van der Waals surface area contributed by atoms with Gasteiger partial charge in [-0.15, -0.1) is 0 Å². The molecule has 1 saturated carbocycles. The Morgan fingerprint density at radius 2 is 1.52 bits per heavy atom. The lowest BCUT2D eigenvalue weighted by molar-refractivity contribution is 0.108. The summed E-state index contributed by atoms with van der Waals surface area (Å²) < 4.78 is 5.81. The van der Waals surface area contributed by atoms with Crippen LogP contribution >= 0.6 is 0 Å². The Morgan fingerprint density at radius 3 is 2.24 bits per heavy atom. The third kappa shape index (κ3) is 4.69. The van der Waals surface area contributed by atoms with Crippen molar-refractivity contribution < 1.29 is 4.74 Å². The Balaban J connectivity index is 1.27. The van der Waals surface area contributed by atoms with Crippen molar-refractivity contribution in [1.29, 1.82) is 0 Å². The molecule has 0 heterocycles. The van der Waals surface area contributed by atoms with Crippen LogP contribution < -0.4 is 5.32 Å². The average molecular weight is 281 g/mol. The Kier molecular flexibility index (Phi) is 5.03. The topological polar surface area (TPSA) is 21.3 Å². The zero-order valence-corrected chi connectivity index (χ0v) is 12.4. The molecule has 2 aromatic carbocycles. The van der Waals surface area contributed by atoms with Gasteiger partial charge in [0.2, 0.25) is 0 Å². The molecule has 0 spiro atoms. The number of ether oxygens (including phenoxy) is 1. The molecular formula is C19H23NO. The van der Waals surface area contributed by atoms with Crippen LogP contribution in [0.2, 0.25) is 0 Å². The lowest BCUT2D eigenvalue weighted by Gasteiger charge is -2.06. The fourth-order valence-electron chi connectivity index (χ4n) is 2.66. The predicted octanol–water partition coefficient (Wildman–Crippen LogP) is 3.63. The highest BCUT2D eigenvalue weighted by molar-refractivity contribution is 5.14. The molecule has 0 radical (unpaired) electrons. The minimum Gasteiger partial charge on any atom is -0.376 e. The van der Waals surface area contributed by atoms with Crippen molar-refractivity contribution in [1.82, 2.24) is 5.32 Å². The Morgan fingerprint density at radius 1 is 0.857 bits per heavy atom. The molecule has 2 heteroatoms. The minimum atomic E-state index is 0.738. The van der Waals surface area contributed by atoms with E-state index in [9.17, 15) is 0 Å². The van der Waals surface area contributed by atoms with Gasteiger partial charge in [0.25, 0.3) is 0 Å². The number of hydrogen-bond donors (Lipinski definition) is 1. The van der Waals surface area contributed by atoms with Gasteiger partial charge in [-0.05, 0) is 35.9 Å². The predicted molar refractivity (Wildman–Crippen MR) is 85.8 cm³/mol. The maximum absolute atomic E-state index is 5.81. The highest BCUT2D eigenvalue weighted by Gasteiger charge is 2.36. The molecule has 1 N–H and O–H groups in total. The molecule has 2 nitrogen and oxygen atoms in total. The number of rotatable bonds is 8. The molecule has 110 valence electrons. The van der Waals surface area contributed by atoms with Crippen molar-refractivity contribution in [2.75, 3.05) is 13.2 Å². The first-order valence-corrected chi connectivity index (χ1v) is 7.78. The molecule has 1 fully saturated rings. The van der Waals surface area contributed by atoms with E-state index in [-0.39, 0.29) is 0 Å². The zero-order valence-electron chi connectivity index (χ0n) is 12.4. The summed E-state index contributed by atoms with van der Waals surface area (Å²) >= 11 is 0. The third-order valence-corrected chi connectivity index (χ3v) is 4.09. The second-order valence-electron chi connectivity index (χ2n) is 5.87. The number of nitrogens with one attached hydrogen (secondary N) is 1. The van der Waals surface area contributed by atoms with Crippen molar-refractivity contribution in [2.24, 2.45) is 11.8 Å². The lowest BCUT2D eigenvalue weighted by Crippen LogP contribution is -2.17. The molecule has 2 atom stereocenters. The van der Waals surface area contributed by atoms with Crippen LogP contribution in [0.15, 0.2) is 60.7 Å². The van der Waals surface area contributed by atoms with Crippen molar-refractivity contribution >= 4 is 0 Å². The van der Waals surface area contributed by atoms with E-state index in [0.717, 1.165) is 38.1 Å². The Labute approximate surface area is 127 Å². The van der Waals surface area contributed by atoms with Gasteiger partial charge in [-0.2, -0.15) is 0 Å². The van der Waals surface area contributed by atoms with Gasteiger partial charge in [-0.3, -0.25) is 0 Å². The van der Waals surface area contributed by atoms with Crippen LogP contribution in [0.3, 0.4) is 0 Å². The van der Waals surface area contributed by atoms with Crippen LogP contribution in [0.5, 0.6) is 0 Å². The van der Waals surface area contributed by atoms with Crippen LogP contribution in [-0.4, -0.2) is 13.2 Å². The molecule has 3 rings (SSSR count). The molecule has 21 heavy (non-hydrogen) atoms. The second kappa shape index (κ2) is 7.39. The van der Waals surface area contributed by atoms with Crippen molar-refractivity contribution in [2.45, 2.75) is 19.6 Å². The van der Waals surface area contributed by atoms with Crippen LogP contribution in [0.1, 0.15) is 17.5 Å². The smallest absolute Gasteiger partial charge is 0.0717 e. The van der Waals surface area contributed by atoms with Gasteiger partial charge in [-0.1, -0.05) is 60.7 Å². The second-order valence-corrected chi connectivity index (χ2v) is 5.87. The van der Waals surface area contributed by atoms with Crippen LogP contribution in [0.4, 0.5) is 0 Å². The fourth-order valence-corrected chi connectivity index (χ4v) is 2.66. The highest BCUT2D eigenvalue weighted by Crippen LogP contribution is 2.38. The van der Waals surface area contributed by atoms with Crippen molar-refractivity contribution in [3.8, 4) is 0 Å². The van der Waals surface area contributed by atoms with Crippen molar-refractivity contribution in [3.05, 3.63) is 71.8 Å². The Bertz CT molecular complexity index is 476. The maximum atomic E-state index is 5.81. The summed E-state index contributed by atoms with van der Waals surface area (Å²) in [4.78, 5) is 0. The van der Waals surface area contributed by atoms with Crippen LogP contribution in [0.25, 0.3) is 0 Å². The van der Waals surface area contributed by atoms with Gasteiger partial charge in [-0.25, -0.2) is 0 Å². The van der Waals surface area contributed by atoms with E-state index in [1.165, 1.54) is 17.5 Å². The molecule has 0 amide bonds. The molecular weight excluding hydrogens is 258 g/mol. The summed E-state index contributed by atoms with van der Waals surface area (Å²) in [5.74, 6) is 1.54. The molecule has 0 unspecified atom stereocenters. The van der Waals surface area contributed by atoms with Gasteiger partial charge < -0.3 is 10.1 Å². The minimum absolute atomic E-state index is 0.738. The summed E-state index contributed by atoms with van der Waals surface area (Å²) in [5.41, 5.74) is 2.62. The quantitative estimate of drug-likeness (QED) is 0.798. The Hall–Kier alpha value is -1.64. The van der Waals surface area contributed by atoms with E-state index in [1.807, 2.05) is 6.07 Å². The van der Waals surface area contributed by atoms with E-state index >= 15 is 0 Å². The van der Waals surface area contributed by atoms with Gasteiger partial charge in [0.05, 0.1) is 13.2 Å². The molecule has 0 saturated heterocycles. The van der Waals surface area contributed by atoms with Gasteiger partial charge in [0.15, 0.2) is 0 Å². The highest BCUT2D eigenvalue weighted by atomic mass is 16.5. The standard InChI is InChI=1S/C19H23NO/c1-3-7-16(8-4-1)12-20-13-18-11-19(18)15-21-14-17-9-5-2-6-10-17/h1-10,18-20H,11-15H2/t18-,19+/m1/s1. The summed E-state index contributed by atoms with van der Waals surface area (Å²) in [6.45, 7) is 3.71. The van der Waals surface area contributed by atoms with Crippen LogP contribution in [-0.2, 0) is 17.9 Å². The average Bonchev–Trinajstić information content (AvgIpc) is 3.28. The zero-order chi connectivity index (χ0) is 14.3. The largest absolute Gasteiger partial charge is 0.376 e. The summed E-state index contributed by atoms with van der Waals surface area (Å²) in [5, 5.41) is 3.55. The van der Waals surface area contributed by atoms with Gasteiger partial charge >= 0.3 is 0 Å². The van der Waals surface area contributed by atoms with E-state index in [1.54, 1.807) is 0 Å². The maximum Gasteiger partial charge on any atom is 0.0717 e. The monoisotopic (exact) mass is 281 g/mol. The van der Waals surface area contributed by atoms with E-state index in [2.05, 4.69) is 59.9 Å². The molecule has 1 aliphatic carbocycles. The summed E-state index contributed by atoms with van der Waals surface area (Å²) in [6, 6.07) is 21.0. The lowest BCUT2D eigenvalue weighted by atomic mass is 10.2. The molecule has 2 aromatic rings. The van der Waals surface area contributed by atoms with E-state index < -0.39 is 0 Å².